The molecule has 0 aliphatic rings. The molecule has 0 aliphatic heterocycles. The van der Waals surface area contributed by atoms with Gasteiger partial charge in [-0.2, -0.15) is 0 Å². The van der Waals surface area contributed by atoms with Crippen LogP contribution in [0.5, 0.6) is 5.75 Å². The molecule has 4 nitrogen and oxygen atoms in total. The lowest BCUT2D eigenvalue weighted by Crippen LogP contribution is -2.31. The van der Waals surface area contributed by atoms with E-state index in [0.717, 1.165) is 11.6 Å². The molecule has 0 fully saturated rings. The molecular weight excluding hydrogens is 271 g/mol. The van der Waals surface area contributed by atoms with Crippen molar-refractivity contribution >= 4 is 17.3 Å². The first-order valence-corrected chi connectivity index (χ1v) is 6.60. The van der Waals surface area contributed by atoms with E-state index >= 15 is 0 Å². The van der Waals surface area contributed by atoms with Crippen LogP contribution in [0.1, 0.15) is 22.8 Å². The van der Waals surface area contributed by atoms with Crippen molar-refractivity contribution in [1.29, 1.82) is 0 Å². The zero-order valence-electron chi connectivity index (χ0n) is 11.9. The molecule has 2 aromatic carbocycles. The van der Waals surface area contributed by atoms with E-state index in [-0.39, 0.29) is 17.0 Å². The van der Waals surface area contributed by atoms with Crippen molar-refractivity contribution < 1.29 is 14.3 Å². The number of anilines is 2. The van der Waals surface area contributed by atoms with Crippen LogP contribution >= 0.6 is 0 Å². The van der Waals surface area contributed by atoms with Gasteiger partial charge in [0.1, 0.15) is 11.6 Å². The zero-order chi connectivity index (χ0) is 15.6. The largest absolute Gasteiger partial charge is 0.508 e. The normalized spacial score (nSPS) is 10.4. The average Bonchev–Trinajstić information content (AvgIpc) is 2.43. The van der Waals surface area contributed by atoms with E-state index in [9.17, 15) is 14.3 Å². The Morgan fingerprint density at radius 2 is 2.00 bits per heavy atom. The fourth-order valence-corrected chi connectivity index (χ4v) is 2.16. The van der Waals surface area contributed by atoms with Crippen LogP contribution in [-0.2, 0) is 0 Å². The van der Waals surface area contributed by atoms with Gasteiger partial charge in [-0.1, -0.05) is 6.07 Å². The minimum absolute atomic E-state index is 0.0474. The molecule has 0 aromatic heterocycles. The summed E-state index contributed by atoms with van der Waals surface area (Å²) >= 11 is 0. The van der Waals surface area contributed by atoms with Crippen molar-refractivity contribution in [3.63, 3.8) is 0 Å². The van der Waals surface area contributed by atoms with Crippen LogP contribution in [0.15, 0.2) is 36.4 Å². The van der Waals surface area contributed by atoms with Gasteiger partial charge in [0.15, 0.2) is 0 Å². The molecule has 0 unspecified atom stereocenters. The van der Waals surface area contributed by atoms with Gasteiger partial charge in [0.2, 0.25) is 0 Å². The number of aromatic hydroxyl groups is 1. The first-order valence-electron chi connectivity index (χ1n) is 6.60. The SMILES string of the molecule is CCN(C(=O)c1ccc(N)cc1F)c1cc(O)ccc1C. The number of nitrogens with two attached hydrogens (primary N) is 1. The third-order valence-electron chi connectivity index (χ3n) is 3.27. The molecule has 2 rings (SSSR count). The summed E-state index contributed by atoms with van der Waals surface area (Å²) in [5.74, 6) is -1.07. The Hall–Kier alpha value is -2.56. The molecule has 21 heavy (non-hydrogen) atoms. The summed E-state index contributed by atoms with van der Waals surface area (Å²) < 4.78 is 13.9. The van der Waals surface area contributed by atoms with Crippen molar-refractivity contribution in [3.05, 3.63) is 53.3 Å². The average molecular weight is 288 g/mol. The number of phenolic OH excluding ortho intramolecular Hbond substituents is 1. The minimum atomic E-state index is -0.656. The molecule has 1 amide bonds. The number of amides is 1. The van der Waals surface area contributed by atoms with Crippen LogP contribution in [0.3, 0.4) is 0 Å². The maximum absolute atomic E-state index is 13.9. The third-order valence-corrected chi connectivity index (χ3v) is 3.27. The number of benzene rings is 2. The quantitative estimate of drug-likeness (QED) is 0.853. The number of halogens is 1. The van der Waals surface area contributed by atoms with Gasteiger partial charge in [-0.05, 0) is 43.7 Å². The number of nitrogen functional groups attached to an aromatic ring is 1. The highest BCUT2D eigenvalue weighted by Gasteiger charge is 2.21. The number of nitrogens with zero attached hydrogens (tertiary/aromatic N) is 1. The summed E-state index contributed by atoms with van der Waals surface area (Å²) in [5, 5.41) is 9.60. The number of carbonyl (C=O) groups is 1. The lowest BCUT2D eigenvalue weighted by Gasteiger charge is -2.23. The summed E-state index contributed by atoms with van der Waals surface area (Å²) in [7, 11) is 0. The van der Waals surface area contributed by atoms with Gasteiger partial charge < -0.3 is 15.7 Å². The second-order valence-corrected chi connectivity index (χ2v) is 4.76. The fourth-order valence-electron chi connectivity index (χ4n) is 2.16. The first-order chi connectivity index (χ1) is 9.93. The standard InChI is InChI=1S/C16H17FN2O2/c1-3-19(15-9-12(20)6-4-10(15)2)16(21)13-7-5-11(18)8-14(13)17/h4-9,20H,3,18H2,1-2H3. The summed E-state index contributed by atoms with van der Waals surface area (Å²) in [6.07, 6.45) is 0. The van der Waals surface area contributed by atoms with Crippen molar-refractivity contribution in [2.75, 3.05) is 17.2 Å². The van der Waals surface area contributed by atoms with E-state index in [2.05, 4.69) is 0 Å². The molecule has 0 radical (unpaired) electrons. The molecule has 2 aromatic rings. The number of carbonyl (C=O) groups excluding carboxylic acids is 1. The number of aryl methyl sites for hydroxylation is 1. The van der Waals surface area contributed by atoms with E-state index in [0.29, 0.717) is 12.2 Å². The number of rotatable bonds is 3. The van der Waals surface area contributed by atoms with Gasteiger partial charge >= 0.3 is 0 Å². The number of hydrogen-bond acceptors (Lipinski definition) is 3. The number of phenols is 1. The molecule has 0 spiro atoms. The second kappa shape index (κ2) is 5.83. The molecule has 110 valence electrons. The third kappa shape index (κ3) is 2.97. The van der Waals surface area contributed by atoms with E-state index in [1.165, 1.54) is 23.1 Å². The Balaban J connectivity index is 2.45. The molecule has 0 aliphatic carbocycles. The van der Waals surface area contributed by atoms with Gasteiger partial charge in [0, 0.05) is 18.3 Å². The lowest BCUT2D eigenvalue weighted by atomic mass is 10.1. The van der Waals surface area contributed by atoms with Crippen LogP contribution in [0, 0.1) is 12.7 Å². The molecule has 0 saturated heterocycles. The molecule has 0 bridgehead atoms. The van der Waals surface area contributed by atoms with E-state index < -0.39 is 11.7 Å². The highest BCUT2D eigenvalue weighted by molar-refractivity contribution is 6.06. The summed E-state index contributed by atoms with van der Waals surface area (Å²) in [4.78, 5) is 14.0. The molecule has 0 saturated carbocycles. The van der Waals surface area contributed by atoms with Gasteiger partial charge in [0.25, 0.3) is 5.91 Å². The maximum atomic E-state index is 13.9. The Morgan fingerprint density at radius 1 is 1.29 bits per heavy atom. The Bertz CT molecular complexity index is 686. The van der Waals surface area contributed by atoms with Crippen LogP contribution < -0.4 is 10.6 Å². The van der Waals surface area contributed by atoms with Gasteiger partial charge in [-0.15, -0.1) is 0 Å². The van der Waals surface area contributed by atoms with E-state index in [1.54, 1.807) is 19.1 Å². The molecule has 5 heteroatoms. The zero-order valence-corrected chi connectivity index (χ0v) is 11.9. The Kier molecular flexibility index (Phi) is 4.12. The summed E-state index contributed by atoms with van der Waals surface area (Å²) in [5.41, 5.74) is 7.08. The Labute approximate surface area is 122 Å². The predicted octanol–water partition coefficient (Wildman–Crippen LogP) is 3.09. The van der Waals surface area contributed by atoms with Crippen LogP contribution in [0.2, 0.25) is 0 Å². The number of hydrogen-bond donors (Lipinski definition) is 2. The van der Waals surface area contributed by atoms with Crippen molar-refractivity contribution in [2.45, 2.75) is 13.8 Å². The second-order valence-electron chi connectivity index (χ2n) is 4.76. The van der Waals surface area contributed by atoms with Crippen LogP contribution in [-0.4, -0.2) is 17.6 Å². The summed E-state index contributed by atoms with van der Waals surface area (Å²) in [6.45, 7) is 3.97. The molecule has 0 heterocycles. The van der Waals surface area contributed by atoms with Crippen molar-refractivity contribution in [3.8, 4) is 5.75 Å². The van der Waals surface area contributed by atoms with Crippen molar-refractivity contribution in [2.24, 2.45) is 0 Å². The fraction of sp³-hybridized carbons (Fsp3) is 0.188. The smallest absolute Gasteiger partial charge is 0.261 e. The van der Waals surface area contributed by atoms with Crippen LogP contribution in [0.4, 0.5) is 15.8 Å². The van der Waals surface area contributed by atoms with E-state index in [4.69, 9.17) is 5.73 Å². The van der Waals surface area contributed by atoms with Gasteiger partial charge in [-0.25, -0.2) is 4.39 Å². The minimum Gasteiger partial charge on any atom is -0.508 e. The maximum Gasteiger partial charge on any atom is 0.261 e. The highest BCUT2D eigenvalue weighted by atomic mass is 19.1. The molecule has 3 N–H and O–H groups in total. The topological polar surface area (TPSA) is 66.6 Å². The predicted molar refractivity (Wildman–Crippen MR) is 81.0 cm³/mol. The first kappa shape index (κ1) is 14.8. The monoisotopic (exact) mass is 288 g/mol. The summed E-state index contributed by atoms with van der Waals surface area (Å²) in [6, 6.07) is 8.72. The lowest BCUT2D eigenvalue weighted by molar-refractivity contribution is 0.0984. The molecule has 0 atom stereocenters. The Morgan fingerprint density at radius 3 is 2.62 bits per heavy atom. The highest BCUT2D eigenvalue weighted by Crippen LogP contribution is 2.27. The van der Waals surface area contributed by atoms with Gasteiger partial charge in [-0.3, -0.25) is 4.79 Å². The van der Waals surface area contributed by atoms with E-state index in [1.807, 2.05) is 6.92 Å². The van der Waals surface area contributed by atoms with Crippen molar-refractivity contribution in [1.82, 2.24) is 0 Å². The van der Waals surface area contributed by atoms with Gasteiger partial charge in [0.05, 0.1) is 11.3 Å². The molecular formula is C16H17FN2O2. The van der Waals surface area contributed by atoms with Crippen LogP contribution in [0.25, 0.3) is 0 Å².